The zero-order valence-electron chi connectivity index (χ0n) is 19.0. The lowest BCUT2D eigenvalue weighted by molar-refractivity contribution is 0.0722. The van der Waals surface area contributed by atoms with Gasteiger partial charge < -0.3 is 28.4 Å². The van der Waals surface area contributed by atoms with E-state index in [0.717, 1.165) is 0 Å². The molecule has 3 aromatic rings. The van der Waals surface area contributed by atoms with Crippen molar-refractivity contribution in [2.24, 2.45) is 0 Å². The van der Waals surface area contributed by atoms with Gasteiger partial charge in [-0.2, -0.15) is 0 Å². The molecule has 0 unspecified atom stereocenters. The standard InChI is InChI=1S/C26H22O8/c1-29-16-9-10-17-21(14-16)33-23(25(17)27)13-15-8-11-18(22(12-15)32-4)34-26(28)24-19(30-2)6-5-7-20(24)31-3/h5-14H,1-4H3/b23-13-. The van der Waals surface area contributed by atoms with Crippen molar-refractivity contribution < 1.29 is 38.0 Å². The van der Waals surface area contributed by atoms with Crippen molar-refractivity contribution >= 4 is 17.8 Å². The Morgan fingerprint density at radius 3 is 2.15 bits per heavy atom. The molecule has 1 heterocycles. The summed E-state index contributed by atoms with van der Waals surface area (Å²) < 4.78 is 32.4. The molecule has 0 radical (unpaired) electrons. The molecule has 174 valence electrons. The normalized spacial score (nSPS) is 13.2. The maximum atomic E-state index is 12.9. The lowest BCUT2D eigenvalue weighted by atomic mass is 10.1. The molecule has 0 atom stereocenters. The fourth-order valence-electron chi connectivity index (χ4n) is 3.51. The number of fused-ring (bicyclic) bond motifs is 1. The monoisotopic (exact) mass is 462 g/mol. The summed E-state index contributed by atoms with van der Waals surface area (Å²) in [6, 6.07) is 14.9. The summed E-state index contributed by atoms with van der Waals surface area (Å²) in [6.07, 6.45) is 1.59. The predicted molar refractivity (Wildman–Crippen MR) is 123 cm³/mol. The minimum atomic E-state index is -0.669. The Balaban J connectivity index is 1.60. The van der Waals surface area contributed by atoms with Gasteiger partial charge >= 0.3 is 5.97 Å². The molecule has 0 spiro atoms. The Labute approximate surface area is 196 Å². The summed E-state index contributed by atoms with van der Waals surface area (Å²) in [7, 11) is 5.90. The topological polar surface area (TPSA) is 89.5 Å². The Kier molecular flexibility index (Phi) is 6.40. The van der Waals surface area contributed by atoms with E-state index in [-0.39, 0.29) is 22.9 Å². The Hall–Kier alpha value is -4.46. The van der Waals surface area contributed by atoms with Gasteiger partial charge in [-0.25, -0.2) is 4.79 Å². The quantitative estimate of drug-likeness (QED) is 0.287. The van der Waals surface area contributed by atoms with Gasteiger partial charge in [0.05, 0.1) is 34.0 Å². The minimum absolute atomic E-state index is 0.152. The van der Waals surface area contributed by atoms with Crippen LogP contribution in [0.5, 0.6) is 34.5 Å². The van der Waals surface area contributed by atoms with Crippen molar-refractivity contribution in [2.45, 2.75) is 0 Å². The van der Waals surface area contributed by atoms with E-state index in [1.165, 1.54) is 21.3 Å². The Morgan fingerprint density at radius 1 is 0.794 bits per heavy atom. The fourth-order valence-corrected chi connectivity index (χ4v) is 3.51. The zero-order chi connectivity index (χ0) is 24.2. The maximum absolute atomic E-state index is 12.9. The van der Waals surface area contributed by atoms with E-state index in [1.54, 1.807) is 67.8 Å². The molecule has 0 aromatic heterocycles. The number of hydrogen-bond donors (Lipinski definition) is 0. The number of benzene rings is 3. The number of esters is 1. The highest BCUT2D eigenvalue weighted by Crippen LogP contribution is 2.36. The molecular weight excluding hydrogens is 440 g/mol. The summed E-state index contributed by atoms with van der Waals surface area (Å²) in [5, 5.41) is 0. The van der Waals surface area contributed by atoms with Gasteiger partial charge in [0, 0.05) is 6.07 Å². The number of methoxy groups -OCH3 is 4. The van der Waals surface area contributed by atoms with Gasteiger partial charge in [-0.1, -0.05) is 12.1 Å². The Morgan fingerprint density at radius 2 is 1.50 bits per heavy atom. The van der Waals surface area contributed by atoms with Gasteiger partial charge in [-0.15, -0.1) is 0 Å². The molecule has 4 rings (SSSR count). The van der Waals surface area contributed by atoms with E-state index in [4.69, 9.17) is 28.4 Å². The average molecular weight is 462 g/mol. The third-order valence-electron chi connectivity index (χ3n) is 5.20. The van der Waals surface area contributed by atoms with E-state index < -0.39 is 5.97 Å². The average Bonchev–Trinajstić information content (AvgIpc) is 3.18. The van der Waals surface area contributed by atoms with Crippen molar-refractivity contribution in [3.05, 3.63) is 77.0 Å². The van der Waals surface area contributed by atoms with Crippen LogP contribution in [0.2, 0.25) is 0 Å². The maximum Gasteiger partial charge on any atom is 0.351 e. The van der Waals surface area contributed by atoms with E-state index >= 15 is 0 Å². The number of Topliss-reactive ketones (excluding diaryl/α,β-unsaturated/α-hetero) is 1. The fraction of sp³-hybridized carbons (Fsp3) is 0.154. The SMILES string of the molecule is COc1ccc2c(c1)O/C(=C\c1ccc(OC(=O)c3c(OC)cccc3OC)c(OC)c1)C2=O. The van der Waals surface area contributed by atoms with E-state index in [2.05, 4.69) is 0 Å². The van der Waals surface area contributed by atoms with Crippen LogP contribution in [0.3, 0.4) is 0 Å². The molecule has 1 aliphatic heterocycles. The third-order valence-corrected chi connectivity index (χ3v) is 5.20. The van der Waals surface area contributed by atoms with Gasteiger partial charge in [0.25, 0.3) is 0 Å². The molecule has 0 bridgehead atoms. The van der Waals surface area contributed by atoms with Gasteiger partial charge in [-0.05, 0) is 48.0 Å². The van der Waals surface area contributed by atoms with Crippen molar-refractivity contribution in [1.82, 2.24) is 0 Å². The molecule has 34 heavy (non-hydrogen) atoms. The van der Waals surface area contributed by atoms with Gasteiger partial charge in [0.15, 0.2) is 17.3 Å². The van der Waals surface area contributed by atoms with Crippen LogP contribution >= 0.6 is 0 Å². The third kappa shape index (κ3) is 4.25. The number of carbonyl (C=O) groups is 2. The van der Waals surface area contributed by atoms with Crippen LogP contribution < -0.4 is 28.4 Å². The summed E-state index contributed by atoms with van der Waals surface area (Å²) in [6.45, 7) is 0. The first kappa shape index (κ1) is 22.7. The summed E-state index contributed by atoms with van der Waals surface area (Å²) in [5.41, 5.74) is 1.23. The van der Waals surface area contributed by atoms with Crippen LogP contribution in [0, 0.1) is 0 Å². The first-order valence-electron chi connectivity index (χ1n) is 10.2. The minimum Gasteiger partial charge on any atom is -0.497 e. The highest BCUT2D eigenvalue weighted by Gasteiger charge is 2.28. The first-order chi connectivity index (χ1) is 16.5. The second-order valence-electron chi connectivity index (χ2n) is 7.14. The van der Waals surface area contributed by atoms with Crippen LogP contribution in [0.15, 0.2) is 60.4 Å². The van der Waals surface area contributed by atoms with Gasteiger partial charge in [-0.3, -0.25) is 4.79 Å². The first-order valence-corrected chi connectivity index (χ1v) is 10.2. The molecule has 3 aromatic carbocycles. The molecule has 8 heteroatoms. The highest BCUT2D eigenvalue weighted by atomic mass is 16.6. The van der Waals surface area contributed by atoms with Crippen LogP contribution in [-0.4, -0.2) is 40.2 Å². The smallest absolute Gasteiger partial charge is 0.351 e. The number of allylic oxidation sites excluding steroid dienone is 1. The van der Waals surface area contributed by atoms with Crippen LogP contribution in [0.25, 0.3) is 6.08 Å². The predicted octanol–water partition coefficient (Wildman–Crippen LogP) is 4.56. The molecule has 0 saturated carbocycles. The van der Waals surface area contributed by atoms with Crippen LogP contribution in [0.1, 0.15) is 26.3 Å². The largest absolute Gasteiger partial charge is 0.497 e. The molecule has 8 nitrogen and oxygen atoms in total. The van der Waals surface area contributed by atoms with E-state index in [1.807, 2.05) is 0 Å². The number of ether oxygens (including phenoxy) is 6. The molecule has 0 N–H and O–H groups in total. The van der Waals surface area contributed by atoms with Crippen LogP contribution in [0.4, 0.5) is 0 Å². The molecule has 1 aliphatic rings. The van der Waals surface area contributed by atoms with Crippen molar-refractivity contribution in [3.8, 4) is 34.5 Å². The number of hydrogen-bond acceptors (Lipinski definition) is 8. The molecule has 0 aliphatic carbocycles. The molecule has 0 amide bonds. The second-order valence-corrected chi connectivity index (χ2v) is 7.14. The van der Waals surface area contributed by atoms with Crippen molar-refractivity contribution in [1.29, 1.82) is 0 Å². The molecule has 0 fully saturated rings. The number of rotatable bonds is 7. The lowest BCUT2D eigenvalue weighted by Crippen LogP contribution is -2.12. The van der Waals surface area contributed by atoms with E-state index in [9.17, 15) is 9.59 Å². The summed E-state index contributed by atoms with van der Waals surface area (Å²) >= 11 is 0. The molecule has 0 saturated heterocycles. The summed E-state index contributed by atoms with van der Waals surface area (Å²) in [5.74, 6) is 1.39. The second kappa shape index (κ2) is 9.58. The van der Waals surface area contributed by atoms with Crippen molar-refractivity contribution in [2.75, 3.05) is 28.4 Å². The van der Waals surface area contributed by atoms with Crippen LogP contribution in [-0.2, 0) is 0 Å². The zero-order valence-corrected chi connectivity index (χ0v) is 19.0. The summed E-state index contributed by atoms with van der Waals surface area (Å²) in [4.78, 5) is 25.6. The van der Waals surface area contributed by atoms with Gasteiger partial charge in [0.2, 0.25) is 5.78 Å². The number of ketones is 1. The highest BCUT2D eigenvalue weighted by molar-refractivity contribution is 6.14. The lowest BCUT2D eigenvalue weighted by Gasteiger charge is -2.14. The van der Waals surface area contributed by atoms with Gasteiger partial charge in [0.1, 0.15) is 28.6 Å². The Bertz CT molecular complexity index is 1270. The van der Waals surface area contributed by atoms with Crippen molar-refractivity contribution in [3.63, 3.8) is 0 Å². The number of carbonyl (C=O) groups excluding carboxylic acids is 2. The van der Waals surface area contributed by atoms with E-state index in [0.29, 0.717) is 39.9 Å². The molecular formula is C26H22O8.